The van der Waals surface area contributed by atoms with Gasteiger partial charge in [0.1, 0.15) is 0 Å². The zero-order chi connectivity index (χ0) is 18.9. The summed E-state index contributed by atoms with van der Waals surface area (Å²) in [7, 11) is 0. The first-order chi connectivity index (χ1) is 13.8. The molecule has 1 nitrogen and oxygen atoms in total. The van der Waals surface area contributed by atoms with Crippen LogP contribution in [0.25, 0.3) is 21.5 Å². The van der Waals surface area contributed by atoms with Crippen LogP contribution in [-0.4, -0.2) is 0 Å². The predicted molar refractivity (Wildman–Crippen MR) is 129 cm³/mol. The number of allylic oxidation sites excluding steroid dienone is 3. The van der Waals surface area contributed by atoms with Crippen molar-refractivity contribution in [1.29, 1.82) is 0 Å². The number of rotatable bonds is 3. The smallest absolute Gasteiger partial charge is 0.0646 e. The van der Waals surface area contributed by atoms with Crippen LogP contribution in [0.4, 0.5) is 5.69 Å². The summed E-state index contributed by atoms with van der Waals surface area (Å²) < 4.78 is 2.30. The Morgan fingerprint density at radius 3 is 2.18 bits per heavy atom. The molecule has 1 unspecified atom stereocenters. The van der Waals surface area contributed by atoms with Crippen LogP contribution in [0.5, 0.6) is 0 Å². The van der Waals surface area contributed by atoms with Gasteiger partial charge in [-0.3, -0.25) is 3.11 Å². The van der Waals surface area contributed by atoms with E-state index in [1.807, 2.05) is 0 Å². The average Bonchev–Trinajstić information content (AvgIpc) is 2.79. The molecule has 1 aliphatic carbocycles. The lowest BCUT2D eigenvalue weighted by Gasteiger charge is -2.24. The lowest BCUT2D eigenvalue weighted by molar-refractivity contribution is 0.844. The third-order valence-corrected chi connectivity index (χ3v) is 6.57. The molecule has 0 saturated carbocycles. The van der Waals surface area contributed by atoms with Crippen LogP contribution in [0.1, 0.15) is 17.9 Å². The van der Waals surface area contributed by atoms with Crippen molar-refractivity contribution >= 4 is 50.1 Å². The minimum Gasteiger partial charge on any atom is -0.283 e. The van der Waals surface area contributed by atoms with Gasteiger partial charge in [0.25, 0.3) is 0 Å². The SMILES string of the molecule is IN(C1=CCC(c2ccccc2)C=C1)c1cc2ccccc2c2ccccc12. The van der Waals surface area contributed by atoms with E-state index in [9.17, 15) is 0 Å². The number of halogens is 1. The zero-order valence-electron chi connectivity index (χ0n) is 15.4. The van der Waals surface area contributed by atoms with Crippen LogP contribution >= 0.6 is 22.9 Å². The highest BCUT2D eigenvalue weighted by Gasteiger charge is 2.17. The van der Waals surface area contributed by atoms with Crippen molar-refractivity contribution in [2.75, 3.05) is 3.11 Å². The van der Waals surface area contributed by atoms with Crippen LogP contribution in [0.3, 0.4) is 0 Å². The number of nitrogens with zero attached hydrogens (tertiary/aromatic N) is 1. The molecule has 1 atom stereocenters. The Balaban J connectivity index is 1.54. The summed E-state index contributed by atoms with van der Waals surface area (Å²) in [6.45, 7) is 0. The largest absolute Gasteiger partial charge is 0.283 e. The molecule has 2 heteroatoms. The van der Waals surface area contributed by atoms with Gasteiger partial charge in [-0.05, 0) is 40.3 Å². The maximum Gasteiger partial charge on any atom is 0.0646 e. The van der Waals surface area contributed by atoms with E-state index < -0.39 is 0 Å². The third kappa shape index (κ3) is 3.12. The first kappa shape index (κ1) is 17.5. The maximum absolute atomic E-state index is 2.44. The Hall–Kier alpha value is -2.59. The monoisotopic (exact) mass is 473 g/mol. The van der Waals surface area contributed by atoms with Gasteiger partial charge in [0, 0.05) is 17.0 Å². The first-order valence-corrected chi connectivity index (χ1v) is 10.6. The molecule has 4 aromatic rings. The molecule has 0 fully saturated rings. The molecule has 0 amide bonds. The van der Waals surface area contributed by atoms with Crippen molar-refractivity contribution < 1.29 is 0 Å². The van der Waals surface area contributed by atoms with Crippen LogP contribution < -0.4 is 3.11 Å². The summed E-state index contributed by atoms with van der Waals surface area (Å²) in [5.41, 5.74) is 3.86. The van der Waals surface area contributed by atoms with E-state index in [0.717, 1.165) is 6.42 Å². The highest BCUT2D eigenvalue weighted by molar-refractivity contribution is 14.1. The van der Waals surface area contributed by atoms with E-state index in [1.165, 1.54) is 38.5 Å². The van der Waals surface area contributed by atoms with Gasteiger partial charge in [0.2, 0.25) is 0 Å². The summed E-state index contributed by atoms with van der Waals surface area (Å²) in [4.78, 5) is 0. The molecule has 28 heavy (non-hydrogen) atoms. The van der Waals surface area contributed by atoms with Gasteiger partial charge in [-0.25, -0.2) is 0 Å². The molecule has 0 aromatic heterocycles. The fourth-order valence-electron chi connectivity index (χ4n) is 4.04. The Kier molecular flexibility index (Phi) is 4.65. The van der Waals surface area contributed by atoms with Crippen molar-refractivity contribution in [3.8, 4) is 0 Å². The number of hydrogen-bond donors (Lipinski definition) is 0. The average molecular weight is 473 g/mol. The van der Waals surface area contributed by atoms with Crippen LogP contribution in [0.15, 0.2) is 109 Å². The summed E-state index contributed by atoms with van der Waals surface area (Å²) >= 11 is 2.44. The summed E-state index contributed by atoms with van der Waals surface area (Å²) in [5, 5.41) is 5.18. The molecule has 0 N–H and O–H groups in total. The minimum absolute atomic E-state index is 0.461. The van der Waals surface area contributed by atoms with Crippen molar-refractivity contribution in [3.05, 3.63) is 114 Å². The standard InChI is InChI=1S/C26H20IN/c27-28(22-16-14-20(15-17-22)19-8-2-1-3-9-19)26-18-21-10-4-5-11-23(21)24-12-6-7-13-25(24)26/h1-14,16-18,20H,15H2. The number of anilines is 1. The van der Waals surface area contributed by atoms with Gasteiger partial charge in [-0.2, -0.15) is 0 Å². The van der Waals surface area contributed by atoms with Crippen molar-refractivity contribution in [2.45, 2.75) is 12.3 Å². The molecule has 0 radical (unpaired) electrons. The fraction of sp³-hybridized carbons (Fsp3) is 0.0769. The first-order valence-electron chi connectivity index (χ1n) is 9.61. The van der Waals surface area contributed by atoms with Gasteiger partial charge in [0.05, 0.1) is 28.6 Å². The van der Waals surface area contributed by atoms with Crippen LogP contribution in [-0.2, 0) is 0 Å². The molecule has 1 aliphatic rings. The highest BCUT2D eigenvalue weighted by Crippen LogP contribution is 2.39. The molecule has 0 bridgehead atoms. The molecule has 0 aliphatic heterocycles. The highest BCUT2D eigenvalue weighted by atomic mass is 127. The Morgan fingerprint density at radius 2 is 1.43 bits per heavy atom. The van der Waals surface area contributed by atoms with E-state index in [2.05, 4.69) is 129 Å². The summed E-state index contributed by atoms with van der Waals surface area (Å²) in [6, 6.07) is 30.4. The molecular formula is C26H20IN. The Bertz CT molecular complexity index is 1210. The van der Waals surface area contributed by atoms with Crippen molar-refractivity contribution in [3.63, 3.8) is 0 Å². The summed E-state index contributed by atoms with van der Waals surface area (Å²) in [5.74, 6) is 0.461. The minimum atomic E-state index is 0.461. The molecule has 0 heterocycles. The van der Waals surface area contributed by atoms with E-state index in [1.54, 1.807) is 0 Å². The summed E-state index contributed by atoms with van der Waals surface area (Å²) in [6.07, 6.45) is 7.98. The Labute approximate surface area is 179 Å². The normalized spacial score (nSPS) is 16.3. The van der Waals surface area contributed by atoms with E-state index in [4.69, 9.17) is 0 Å². The van der Waals surface area contributed by atoms with Gasteiger partial charge >= 0.3 is 0 Å². The lowest BCUT2D eigenvalue weighted by Crippen LogP contribution is -2.11. The number of fused-ring (bicyclic) bond motifs is 3. The van der Waals surface area contributed by atoms with Crippen molar-refractivity contribution in [2.24, 2.45) is 0 Å². The van der Waals surface area contributed by atoms with Gasteiger partial charge in [-0.15, -0.1) is 0 Å². The quantitative estimate of drug-likeness (QED) is 0.167. The van der Waals surface area contributed by atoms with E-state index in [-0.39, 0.29) is 0 Å². The second-order valence-electron chi connectivity index (χ2n) is 7.18. The van der Waals surface area contributed by atoms with Gasteiger partial charge < -0.3 is 0 Å². The van der Waals surface area contributed by atoms with Crippen LogP contribution in [0.2, 0.25) is 0 Å². The predicted octanol–water partition coefficient (Wildman–Crippen LogP) is 7.78. The molecule has 136 valence electrons. The fourth-order valence-corrected chi connectivity index (χ4v) is 4.80. The second kappa shape index (κ2) is 7.44. The topological polar surface area (TPSA) is 3.24 Å². The zero-order valence-corrected chi connectivity index (χ0v) is 17.6. The molecular weight excluding hydrogens is 453 g/mol. The molecule has 0 spiro atoms. The molecule has 4 aromatic carbocycles. The number of hydrogen-bond acceptors (Lipinski definition) is 1. The maximum atomic E-state index is 2.44. The lowest BCUT2D eigenvalue weighted by atomic mass is 9.91. The van der Waals surface area contributed by atoms with Crippen LogP contribution in [0, 0.1) is 0 Å². The molecule has 5 rings (SSSR count). The second-order valence-corrected chi connectivity index (χ2v) is 8.15. The van der Waals surface area contributed by atoms with E-state index in [0.29, 0.717) is 5.92 Å². The van der Waals surface area contributed by atoms with E-state index >= 15 is 0 Å². The third-order valence-electron chi connectivity index (χ3n) is 5.49. The number of benzene rings is 4. The molecule has 0 saturated heterocycles. The van der Waals surface area contributed by atoms with Crippen molar-refractivity contribution in [1.82, 2.24) is 0 Å². The Morgan fingerprint density at radius 1 is 0.750 bits per heavy atom. The van der Waals surface area contributed by atoms with Gasteiger partial charge in [-0.1, -0.05) is 91.0 Å². The van der Waals surface area contributed by atoms with Gasteiger partial charge in [0.15, 0.2) is 0 Å².